The molecule has 1 saturated heterocycles. The van der Waals surface area contributed by atoms with Crippen molar-refractivity contribution in [3.8, 4) is 0 Å². The van der Waals surface area contributed by atoms with E-state index in [9.17, 15) is 4.79 Å². The zero-order valence-electron chi connectivity index (χ0n) is 13.1. The molecule has 3 rings (SSSR count). The second kappa shape index (κ2) is 7.45. The molecule has 0 unspecified atom stereocenters. The number of hydrogen-bond acceptors (Lipinski definition) is 3. The minimum atomic E-state index is -0.00369. The number of thioether (sulfide) groups is 1. The summed E-state index contributed by atoms with van der Waals surface area (Å²) in [5.74, 6) is 2.46. The van der Waals surface area contributed by atoms with Gasteiger partial charge in [0.1, 0.15) is 5.76 Å². The molecule has 5 heteroatoms. The third-order valence-corrected chi connectivity index (χ3v) is 5.03. The maximum atomic E-state index is 12.7. The average molecular weight is 350 g/mol. The summed E-state index contributed by atoms with van der Waals surface area (Å²) in [6.07, 6.45) is 4.13. The minimum Gasteiger partial charge on any atom is -0.455 e. The highest BCUT2D eigenvalue weighted by Crippen LogP contribution is 2.29. The predicted molar refractivity (Wildman–Crippen MR) is 95.3 cm³/mol. The Bertz CT molecular complexity index is 668. The van der Waals surface area contributed by atoms with Crippen LogP contribution in [0.4, 0.5) is 0 Å². The quantitative estimate of drug-likeness (QED) is 0.793. The molecule has 0 N–H and O–H groups in total. The van der Waals surface area contributed by atoms with Gasteiger partial charge in [0.25, 0.3) is 5.91 Å². The van der Waals surface area contributed by atoms with Crippen molar-refractivity contribution in [2.24, 2.45) is 0 Å². The fraction of sp³-hybridized carbons (Fsp3) is 0.389. The first-order valence-corrected chi connectivity index (χ1v) is 9.57. The monoisotopic (exact) mass is 349 g/mol. The molecule has 1 atom stereocenters. The summed E-state index contributed by atoms with van der Waals surface area (Å²) in [7, 11) is 0. The van der Waals surface area contributed by atoms with Crippen molar-refractivity contribution in [2.75, 3.05) is 19.3 Å². The van der Waals surface area contributed by atoms with Crippen molar-refractivity contribution in [3.63, 3.8) is 0 Å². The number of hydrogen-bond donors (Lipinski definition) is 0. The standard InChI is InChI=1S/C18H20ClNO2S/c1-23-12-16-8-9-17(22-16)18(21)20-10-2-3-14(11-20)13-4-6-15(19)7-5-13/h4-9,14H,2-3,10-12H2,1H3/t14-/m1/s1. The number of nitrogens with zero attached hydrogens (tertiary/aromatic N) is 1. The van der Waals surface area contributed by atoms with Gasteiger partial charge in [0.15, 0.2) is 5.76 Å². The lowest BCUT2D eigenvalue weighted by molar-refractivity contribution is 0.0673. The van der Waals surface area contributed by atoms with E-state index in [1.807, 2.05) is 29.4 Å². The van der Waals surface area contributed by atoms with E-state index in [-0.39, 0.29) is 5.91 Å². The summed E-state index contributed by atoms with van der Waals surface area (Å²) in [5, 5.41) is 0.745. The number of furan rings is 1. The number of amides is 1. The van der Waals surface area contributed by atoms with Gasteiger partial charge in [-0.25, -0.2) is 0 Å². The van der Waals surface area contributed by atoms with Crippen LogP contribution < -0.4 is 0 Å². The van der Waals surface area contributed by atoms with Gasteiger partial charge in [-0.05, 0) is 48.9 Å². The van der Waals surface area contributed by atoms with Crippen molar-refractivity contribution >= 4 is 29.3 Å². The molecule has 0 bridgehead atoms. The van der Waals surface area contributed by atoms with Crippen LogP contribution in [0, 0.1) is 0 Å². The summed E-state index contributed by atoms with van der Waals surface area (Å²) in [4.78, 5) is 14.6. The summed E-state index contributed by atoms with van der Waals surface area (Å²) in [5.41, 5.74) is 1.24. The first kappa shape index (κ1) is 16.5. The van der Waals surface area contributed by atoms with Gasteiger partial charge in [0, 0.05) is 24.0 Å². The first-order valence-electron chi connectivity index (χ1n) is 7.80. The van der Waals surface area contributed by atoms with E-state index in [0.717, 1.165) is 42.5 Å². The van der Waals surface area contributed by atoms with Gasteiger partial charge in [-0.3, -0.25) is 4.79 Å². The zero-order chi connectivity index (χ0) is 16.2. The largest absolute Gasteiger partial charge is 0.455 e. The van der Waals surface area contributed by atoms with Crippen LogP contribution in [0.3, 0.4) is 0 Å². The topological polar surface area (TPSA) is 33.5 Å². The van der Waals surface area contributed by atoms with Crippen molar-refractivity contribution in [1.82, 2.24) is 4.90 Å². The van der Waals surface area contributed by atoms with Gasteiger partial charge in [-0.1, -0.05) is 23.7 Å². The molecule has 1 fully saturated rings. The Morgan fingerprint density at radius 3 is 2.83 bits per heavy atom. The SMILES string of the molecule is CSCc1ccc(C(=O)N2CCC[C@@H](c3ccc(Cl)cc3)C2)o1. The molecule has 1 aromatic carbocycles. The smallest absolute Gasteiger partial charge is 0.289 e. The average Bonchev–Trinajstić information content (AvgIpc) is 3.04. The highest BCUT2D eigenvalue weighted by Gasteiger charge is 2.27. The van der Waals surface area contributed by atoms with E-state index in [0.29, 0.717) is 11.7 Å². The maximum Gasteiger partial charge on any atom is 0.289 e. The van der Waals surface area contributed by atoms with Crippen LogP contribution in [0.2, 0.25) is 5.02 Å². The second-order valence-electron chi connectivity index (χ2n) is 5.84. The number of rotatable bonds is 4. The Labute approximate surface area is 146 Å². The summed E-state index contributed by atoms with van der Waals surface area (Å²) < 4.78 is 5.67. The van der Waals surface area contributed by atoms with Crippen molar-refractivity contribution in [1.29, 1.82) is 0 Å². The Kier molecular flexibility index (Phi) is 5.34. The number of carbonyl (C=O) groups is 1. The lowest BCUT2D eigenvalue weighted by Gasteiger charge is -2.32. The van der Waals surface area contributed by atoms with Crippen LogP contribution >= 0.6 is 23.4 Å². The molecule has 2 aromatic rings. The van der Waals surface area contributed by atoms with Crippen LogP contribution in [-0.2, 0) is 5.75 Å². The summed E-state index contributed by atoms with van der Waals surface area (Å²) in [6, 6.07) is 11.6. The Balaban J connectivity index is 1.69. The molecule has 0 radical (unpaired) electrons. The van der Waals surface area contributed by atoms with E-state index in [1.165, 1.54) is 5.56 Å². The molecule has 23 heavy (non-hydrogen) atoms. The van der Waals surface area contributed by atoms with Crippen LogP contribution in [0.15, 0.2) is 40.8 Å². The minimum absolute atomic E-state index is 0.00369. The molecule has 1 aromatic heterocycles. The predicted octanol–water partition coefficient (Wildman–Crippen LogP) is 4.82. The molecule has 1 amide bonds. The van der Waals surface area contributed by atoms with Crippen LogP contribution in [0.5, 0.6) is 0 Å². The van der Waals surface area contributed by atoms with Crippen molar-refractivity contribution < 1.29 is 9.21 Å². The molecule has 0 spiro atoms. The Morgan fingerprint density at radius 1 is 1.30 bits per heavy atom. The molecular weight excluding hydrogens is 330 g/mol. The van der Waals surface area contributed by atoms with E-state index < -0.39 is 0 Å². The third-order valence-electron chi connectivity index (χ3n) is 4.21. The molecule has 1 aliphatic rings. The normalized spacial score (nSPS) is 18.2. The number of benzene rings is 1. The van der Waals surface area contributed by atoms with Gasteiger partial charge < -0.3 is 9.32 Å². The van der Waals surface area contributed by atoms with Crippen LogP contribution in [0.1, 0.15) is 40.6 Å². The summed E-state index contributed by atoms with van der Waals surface area (Å²) >= 11 is 7.64. The van der Waals surface area contributed by atoms with E-state index >= 15 is 0 Å². The van der Waals surface area contributed by atoms with Gasteiger partial charge in [-0.2, -0.15) is 11.8 Å². The molecule has 3 nitrogen and oxygen atoms in total. The molecule has 122 valence electrons. The maximum absolute atomic E-state index is 12.7. The van der Waals surface area contributed by atoms with Crippen LogP contribution in [0.25, 0.3) is 0 Å². The molecule has 0 saturated carbocycles. The van der Waals surface area contributed by atoms with Gasteiger partial charge in [0.05, 0.1) is 5.75 Å². The number of halogens is 1. The molecule has 1 aliphatic heterocycles. The Morgan fingerprint density at radius 2 is 2.09 bits per heavy atom. The lowest BCUT2D eigenvalue weighted by Crippen LogP contribution is -2.38. The molecule has 2 heterocycles. The van der Waals surface area contributed by atoms with E-state index in [1.54, 1.807) is 17.8 Å². The highest BCUT2D eigenvalue weighted by atomic mass is 35.5. The van der Waals surface area contributed by atoms with Gasteiger partial charge >= 0.3 is 0 Å². The first-order chi connectivity index (χ1) is 11.2. The number of likely N-dealkylation sites (tertiary alicyclic amines) is 1. The highest BCUT2D eigenvalue weighted by molar-refractivity contribution is 7.97. The fourth-order valence-corrected chi connectivity index (χ4v) is 3.60. The molecular formula is C18H20ClNO2S. The van der Waals surface area contributed by atoms with Gasteiger partial charge in [-0.15, -0.1) is 0 Å². The van der Waals surface area contributed by atoms with Gasteiger partial charge in [0.2, 0.25) is 0 Å². The van der Waals surface area contributed by atoms with E-state index in [4.69, 9.17) is 16.0 Å². The fourth-order valence-electron chi connectivity index (χ4n) is 3.04. The van der Waals surface area contributed by atoms with Crippen molar-refractivity contribution in [3.05, 3.63) is 58.5 Å². The zero-order valence-corrected chi connectivity index (χ0v) is 14.7. The van der Waals surface area contributed by atoms with Crippen LogP contribution in [-0.4, -0.2) is 30.2 Å². The van der Waals surface area contributed by atoms with Crippen molar-refractivity contribution in [2.45, 2.75) is 24.5 Å². The number of piperidine rings is 1. The second-order valence-corrected chi connectivity index (χ2v) is 7.14. The number of carbonyl (C=O) groups excluding carboxylic acids is 1. The Hall–Kier alpha value is -1.39. The lowest BCUT2D eigenvalue weighted by atomic mass is 9.90. The molecule has 0 aliphatic carbocycles. The van der Waals surface area contributed by atoms with E-state index in [2.05, 4.69) is 12.1 Å². The third kappa shape index (κ3) is 3.93. The summed E-state index contributed by atoms with van der Waals surface area (Å²) in [6.45, 7) is 1.53.